The lowest BCUT2D eigenvalue weighted by Crippen LogP contribution is -2.48. The summed E-state index contributed by atoms with van der Waals surface area (Å²) in [7, 11) is 0. The molecule has 2 aliphatic rings. The highest BCUT2D eigenvalue weighted by atomic mass is 16.5. The molecule has 0 spiro atoms. The van der Waals surface area contributed by atoms with E-state index in [1.165, 1.54) is 0 Å². The second kappa shape index (κ2) is 7.52. The molecule has 1 aliphatic heterocycles. The van der Waals surface area contributed by atoms with Crippen molar-refractivity contribution in [2.45, 2.75) is 45.8 Å². The first-order chi connectivity index (χ1) is 12.8. The van der Waals surface area contributed by atoms with Crippen LogP contribution in [0, 0.1) is 5.41 Å². The van der Waals surface area contributed by atoms with E-state index < -0.39 is 17.6 Å². The van der Waals surface area contributed by atoms with Gasteiger partial charge in [0.25, 0.3) is 5.91 Å². The normalized spacial score (nSPS) is 22.1. The van der Waals surface area contributed by atoms with Crippen molar-refractivity contribution in [1.29, 1.82) is 0 Å². The second-order valence-electron chi connectivity index (χ2n) is 7.59. The van der Waals surface area contributed by atoms with Gasteiger partial charge in [0.1, 0.15) is 0 Å². The lowest BCUT2D eigenvalue weighted by molar-refractivity contribution is -0.150. The summed E-state index contributed by atoms with van der Waals surface area (Å²) in [5.41, 5.74) is 1.34. The van der Waals surface area contributed by atoms with E-state index in [0.717, 1.165) is 18.4 Å². The molecule has 0 saturated carbocycles. The van der Waals surface area contributed by atoms with Gasteiger partial charge in [-0.25, -0.2) is 4.79 Å². The maximum absolute atomic E-state index is 12.5. The molecule has 1 unspecified atom stereocenters. The first kappa shape index (κ1) is 19.1. The zero-order chi connectivity index (χ0) is 19.6. The molecule has 1 aromatic carbocycles. The first-order valence-corrected chi connectivity index (χ1v) is 9.07. The maximum atomic E-state index is 12.5. The Labute approximate surface area is 157 Å². The van der Waals surface area contributed by atoms with E-state index in [4.69, 9.17) is 4.74 Å². The molecule has 0 bridgehead atoms. The van der Waals surface area contributed by atoms with Gasteiger partial charge in [0.2, 0.25) is 5.91 Å². The predicted octanol–water partition coefficient (Wildman–Crippen LogP) is 2.75. The van der Waals surface area contributed by atoms with Gasteiger partial charge in [0.05, 0.1) is 12.0 Å². The summed E-state index contributed by atoms with van der Waals surface area (Å²) in [4.78, 5) is 35.9. The number of carboxylic acid groups (broad SMARTS) is 1. The Morgan fingerprint density at radius 2 is 1.78 bits per heavy atom. The molecule has 1 aliphatic carbocycles. The van der Waals surface area contributed by atoms with Gasteiger partial charge in [-0.05, 0) is 51.7 Å². The van der Waals surface area contributed by atoms with Crippen LogP contribution < -0.4 is 10.6 Å². The highest BCUT2D eigenvalue weighted by Gasteiger charge is 2.35. The summed E-state index contributed by atoms with van der Waals surface area (Å²) in [5, 5.41) is 14.9. The molecule has 3 N–H and O–H groups in total. The molecule has 1 saturated heterocycles. The summed E-state index contributed by atoms with van der Waals surface area (Å²) in [6.45, 7) is 3.97. The number of carbonyl (C=O) groups excluding carboxylic acids is 2. The van der Waals surface area contributed by atoms with Crippen LogP contribution in [0.4, 0.5) is 5.69 Å². The minimum Gasteiger partial charge on any atom is -0.478 e. The molecule has 1 fully saturated rings. The Morgan fingerprint density at radius 1 is 1.15 bits per heavy atom. The zero-order valence-electron chi connectivity index (χ0n) is 15.5. The Balaban J connectivity index is 1.68. The highest BCUT2D eigenvalue weighted by Crippen LogP contribution is 2.29. The van der Waals surface area contributed by atoms with Crippen LogP contribution in [0.15, 0.2) is 35.4 Å². The van der Waals surface area contributed by atoms with E-state index >= 15 is 0 Å². The van der Waals surface area contributed by atoms with Gasteiger partial charge in [0.15, 0.2) is 6.23 Å². The molecule has 0 radical (unpaired) electrons. The number of hydrogen-bond acceptors (Lipinski definition) is 4. The number of rotatable bonds is 4. The van der Waals surface area contributed by atoms with Crippen LogP contribution in [0.1, 0.15) is 51.3 Å². The number of carboxylic acids is 1. The third kappa shape index (κ3) is 4.19. The molecular weight excluding hydrogens is 348 g/mol. The minimum atomic E-state index is -1.02. The fraction of sp³-hybridized carbons (Fsp3) is 0.450. The SMILES string of the molecule is CC1(C)COC(c2ccc(NC(=O)C3=C(C(=O)O)CCCC3)cc2)NC1=O. The van der Waals surface area contributed by atoms with E-state index in [2.05, 4.69) is 10.6 Å². The van der Waals surface area contributed by atoms with Crippen molar-refractivity contribution < 1.29 is 24.2 Å². The zero-order valence-corrected chi connectivity index (χ0v) is 15.5. The van der Waals surface area contributed by atoms with Crippen molar-refractivity contribution in [3.63, 3.8) is 0 Å². The van der Waals surface area contributed by atoms with Crippen LogP contribution in [-0.4, -0.2) is 29.5 Å². The van der Waals surface area contributed by atoms with Crippen molar-refractivity contribution >= 4 is 23.5 Å². The number of amides is 2. The predicted molar refractivity (Wildman–Crippen MR) is 98.8 cm³/mol. The van der Waals surface area contributed by atoms with Crippen molar-refractivity contribution in [2.75, 3.05) is 11.9 Å². The molecule has 1 atom stereocenters. The fourth-order valence-corrected chi connectivity index (χ4v) is 3.23. The monoisotopic (exact) mass is 372 g/mol. The highest BCUT2D eigenvalue weighted by molar-refractivity contribution is 6.08. The molecule has 144 valence electrons. The number of nitrogens with one attached hydrogen (secondary N) is 2. The van der Waals surface area contributed by atoms with Crippen LogP contribution in [-0.2, 0) is 19.1 Å². The van der Waals surface area contributed by atoms with Gasteiger partial charge in [0, 0.05) is 22.4 Å². The van der Waals surface area contributed by atoms with E-state index in [1.807, 2.05) is 13.8 Å². The molecule has 3 rings (SSSR count). The Hall–Kier alpha value is -2.67. The molecule has 1 heterocycles. The molecule has 2 amide bonds. The van der Waals surface area contributed by atoms with Crippen LogP contribution in [0.3, 0.4) is 0 Å². The number of ether oxygens (including phenoxy) is 1. The van der Waals surface area contributed by atoms with Gasteiger partial charge < -0.3 is 20.5 Å². The topological polar surface area (TPSA) is 105 Å². The molecule has 7 heteroatoms. The van der Waals surface area contributed by atoms with Crippen LogP contribution in [0.25, 0.3) is 0 Å². The number of anilines is 1. The number of hydrogen-bond donors (Lipinski definition) is 3. The average Bonchev–Trinajstić information content (AvgIpc) is 2.64. The Morgan fingerprint density at radius 3 is 2.37 bits per heavy atom. The van der Waals surface area contributed by atoms with E-state index in [9.17, 15) is 19.5 Å². The number of benzene rings is 1. The van der Waals surface area contributed by atoms with Crippen molar-refractivity contribution in [2.24, 2.45) is 5.41 Å². The lowest BCUT2D eigenvalue weighted by Gasteiger charge is -2.34. The van der Waals surface area contributed by atoms with Crippen LogP contribution in [0.5, 0.6) is 0 Å². The number of carbonyl (C=O) groups is 3. The quantitative estimate of drug-likeness (QED) is 0.754. The summed E-state index contributed by atoms with van der Waals surface area (Å²) in [6.07, 6.45) is 1.98. The minimum absolute atomic E-state index is 0.0680. The van der Waals surface area contributed by atoms with Crippen molar-refractivity contribution in [1.82, 2.24) is 5.32 Å². The van der Waals surface area contributed by atoms with Crippen molar-refractivity contribution in [3.8, 4) is 0 Å². The Bertz CT molecular complexity index is 795. The van der Waals surface area contributed by atoms with E-state index in [-0.39, 0.29) is 17.4 Å². The van der Waals surface area contributed by atoms with Crippen LogP contribution in [0.2, 0.25) is 0 Å². The molecule has 1 aromatic rings. The molecular formula is C20H24N2O5. The summed E-state index contributed by atoms with van der Waals surface area (Å²) < 4.78 is 5.71. The summed E-state index contributed by atoms with van der Waals surface area (Å²) >= 11 is 0. The maximum Gasteiger partial charge on any atom is 0.332 e. The largest absolute Gasteiger partial charge is 0.478 e. The van der Waals surface area contributed by atoms with Gasteiger partial charge in [-0.3, -0.25) is 9.59 Å². The molecule has 27 heavy (non-hydrogen) atoms. The van der Waals surface area contributed by atoms with E-state index in [1.54, 1.807) is 24.3 Å². The second-order valence-corrected chi connectivity index (χ2v) is 7.59. The molecule has 0 aromatic heterocycles. The number of aliphatic carboxylic acids is 1. The Kier molecular flexibility index (Phi) is 5.32. The summed E-state index contributed by atoms with van der Waals surface area (Å²) in [5.74, 6) is -1.46. The van der Waals surface area contributed by atoms with Crippen LogP contribution >= 0.6 is 0 Å². The molecule has 7 nitrogen and oxygen atoms in total. The van der Waals surface area contributed by atoms with E-state index in [0.29, 0.717) is 30.7 Å². The van der Waals surface area contributed by atoms with Gasteiger partial charge in [-0.1, -0.05) is 12.1 Å². The standard InChI is InChI=1S/C20H24N2O5/c1-20(2)11-27-17(22-19(20)26)12-7-9-13(10-8-12)21-16(23)14-5-3-4-6-15(14)18(24)25/h7-10,17H,3-6,11H2,1-2H3,(H,21,23)(H,22,26)(H,24,25). The average molecular weight is 372 g/mol. The van der Waals surface area contributed by atoms with Gasteiger partial charge in [-0.15, -0.1) is 0 Å². The third-order valence-electron chi connectivity index (χ3n) is 4.96. The van der Waals surface area contributed by atoms with Gasteiger partial charge in [-0.2, -0.15) is 0 Å². The smallest absolute Gasteiger partial charge is 0.332 e. The van der Waals surface area contributed by atoms with Crippen molar-refractivity contribution in [3.05, 3.63) is 41.0 Å². The fourth-order valence-electron chi connectivity index (χ4n) is 3.23. The third-order valence-corrected chi connectivity index (χ3v) is 4.96. The van der Waals surface area contributed by atoms with Gasteiger partial charge >= 0.3 is 5.97 Å². The lowest BCUT2D eigenvalue weighted by atomic mass is 9.91. The first-order valence-electron chi connectivity index (χ1n) is 9.07. The summed E-state index contributed by atoms with van der Waals surface area (Å²) in [6, 6.07) is 6.97.